The molecular weight excluding hydrogens is 265 g/mol. The number of hydrogen-bond donors (Lipinski definition) is 0. The van der Waals surface area contributed by atoms with Crippen LogP contribution in [0.4, 0.5) is 0 Å². The number of fused-ring (bicyclic) bond motifs is 1. The average Bonchev–Trinajstić information content (AvgIpc) is 2.39. The quantitative estimate of drug-likeness (QED) is 0.555. The Morgan fingerprint density at radius 1 is 0.833 bits per heavy atom. The molecule has 88 valence electrons. The van der Waals surface area contributed by atoms with Gasteiger partial charge in [-0.2, -0.15) is 0 Å². The summed E-state index contributed by atoms with van der Waals surface area (Å²) in [6, 6.07) is 17.6. The van der Waals surface area contributed by atoms with Crippen LogP contribution < -0.4 is 0 Å². The van der Waals surface area contributed by atoms with Gasteiger partial charge in [0.1, 0.15) is 5.15 Å². The Morgan fingerprint density at radius 3 is 2.39 bits per heavy atom. The van der Waals surface area contributed by atoms with Crippen LogP contribution in [0.1, 0.15) is 0 Å². The maximum absolute atomic E-state index is 6.24. The summed E-state index contributed by atoms with van der Waals surface area (Å²) >= 11 is 12.4. The van der Waals surface area contributed by atoms with Crippen LogP contribution >= 0.6 is 23.2 Å². The first kappa shape index (κ1) is 11.5. The molecule has 18 heavy (non-hydrogen) atoms. The number of nitrogens with zero attached hydrogens (tertiary/aromatic N) is 1. The molecule has 0 saturated carbocycles. The average molecular weight is 274 g/mol. The van der Waals surface area contributed by atoms with Crippen LogP contribution in [0.5, 0.6) is 0 Å². The predicted octanol–water partition coefficient (Wildman–Crippen LogP) is 5.21. The highest BCUT2D eigenvalue weighted by Gasteiger charge is 2.08. The lowest BCUT2D eigenvalue weighted by Gasteiger charge is -2.07. The second-order valence-corrected chi connectivity index (χ2v) is 4.76. The van der Waals surface area contributed by atoms with Gasteiger partial charge >= 0.3 is 0 Å². The molecule has 0 saturated heterocycles. The molecule has 0 unspecified atom stereocenters. The lowest BCUT2D eigenvalue weighted by molar-refractivity contribution is 1.41. The predicted molar refractivity (Wildman–Crippen MR) is 77.2 cm³/mol. The van der Waals surface area contributed by atoms with Gasteiger partial charge in [0.05, 0.1) is 5.52 Å². The molecule has 3 heteroatoms. The molecule has 0 aliphatic rings. The molecule has 0 N–H and O–H groups in total. The topological polar surface area (TPSA) is 12.9 Å². The molecule has 2 aromatic carbocycles. The van der Waals surface area contributed by atoms with Crippen molar-refractivity contribution in [3.8, 4) is 11.1 Å². The third kappa shape index (κ3) is 1.96. The standard InChI is InChI=1S/C15H9Cl2N/c16-13-7-4-8-14-12(13)9-11(15(17)18-14)10-5-2-1-3-6-10/h1-9H. The van der Waals surface area contributed by atoms with Crippen LogP contribution in [0.15, 0.2) is 54.6 Å². The van der Waals surface area contributed by atoms with Gasteiger partial charge in [0.2, 0.25) is 0 Å². The molecule has 0 atom stereocenters. The molecule has 0 spiro atoms. The van der Waals surface area contributed by atoms with E-state index in [1.54, 1.807) is 0 Å². The molecular formula is C15H9Cl2N. The first-order valence-electron chi connectivity index (χ1n) is 5.56. The fourth-order valence-electron chi connectivity index (χ4n) is 1.96. The van der Waals surface area contributed by atoms with Crippen LogP contribution in [0.25, 0.3) is 22.0 Å². The first-order valence-corrected chi connectivity index (χ1v) is 6.31. The number of benzene rings is 2. The summed E-state index contributed by atoms with van der Waals surface area (Å²) in [6.07, 6.45) is 0. The van der Waals surface area contributed by atoms with Gasteiger partial charge in [0.15, 0.2) is 0 Å². The second kappa shape index (κ2) is 4.60. The monoisotopic (exact) mass is 273 g/mol. The zero-order chi connectivity index (χ0) is 12.5. The molecule has 1 nitrogen and oxygen atoms in total. The number of pyridine rings is 1. The Kier molecular flexibility index (Phi) is 2.94. The fraction of sp³-hybridized carbons (Fsp3) is 0. The molecule has 0 radical (unpaired) electrons. The Hall–Kier alpha value is -1.57. The number of hydrogen-bond acceptors (Lipinski definition) is 1. The molecule has 0 fully saturated rings. The molecule has 1 heterocycles. The van der Waals surface area contributed by atoms with Crippen LogP contribution in [0.2, 0.25) is 10.2 Å². The zero-order valence-electron chi connectivity index (χ0n) is 9.40. The molecule has 3 rings (SSSR count). The third-order valence-electron chi connectivity index (χ3n) is 2.84. The largest absolute Gasteiger partial charge is 0.235 e. The highest BCUT2D eigenvalue weighted by atomic mass is 35.5. The van der Waals surface area contributed by atoms with Crippen molar-refractivity contribution in [1.82, 2.24) is 4.98 Å². The smallest absolute Gasteiger partial charge is 0.137 e. The van der Waals surface area contributed by atoms with Gasteiger partial charge in [-0.25, -0.2) is 4.98 Å². The van der Waals surface area contributed by atoms with Crippen molar-refractivity contribution in [3.63, 3.8) is 0 Å². The third-order valence-corrected chi connectivity index (χ3v) is 3.46. The van der Waals surface area contributed by atoms with E-state index in [4.69, 9.17) is 23.2 Å². The van der Waals surface area contributed by atoms with Crippen molar-refractivity contribution in [2.45, 2.75) is 0 Å². The van der Waals surface area contributed by atoms with Crippen LogP contribution in [-0.4, -0.2) is 4.98 Å². The van der Waals surface area contributed by atoms with Gasteiger partial charge in [0.25, 0.3) is 0 Å². The van der Waals surface area contributed by atoms with Gasteiger partial charge < -0.3 is 0 Å². The lowest BCUT2D eigenvalue weighted by atomic mass is 10.1. The zero-order valence-corrected chi connectivity index (χ0v) is 10.9. The number of halogens is 2. The van der Waals surface area contributed by atoms with E-state index in [1.165, 1.54) is 0 Å². The summed E-state index contributed by atoms with van der Waals surface area (Å²) in [5, 5.41) is 2.10. The molecule has 1 aromatic heterocycles. The summed E-state index contributed by atoms with van der Waals surface area (Å²) in [7, 11) is 0. The highest BCUT2D eigenvalue weighted by molar-refractivity contribution is 6.36. The number of rotatable bonds is 1. The normalized spacial score (nSPS) is 10.8. The molecule has 0 amide bonds. The van der Waals surface area contributed by atoms with Crippen molar-refractivity contribution >= 4 is 34.1 Å². The van der Waals surface area contributed by atoms with E-state index in [2.05, 4.69) is 4.98 Å². The SMILES string of the molecule is Clc1nc2cccc(Cl)c2cc1-c1ccccc1. The first-order chi connectivity index (χ1) is 8.75. The minimum atomic E-state index is 0.496. The van der Waals surface area contributed by atoms with Gasteiger partial charge in [-0.3, -0.25) is 0 Å². The van der Waals surface area contributed by atoms with E-state index in [9.17, 15) is 0 Å². The molecule has 0 bridgehead atoms. The minimum absolute atomic E-state index is 0.496. The highest BCUT2D eigenvalue weighted by Crippen LogP contribution is 2.32. The molecule has 3 aromatic rings. The maximum atomic E-state index is 6.24. The summed E-state index contributed by atoms with van der Waals surface area (Å²) < 4.78 is 0. The Balaban J connectivity index is 2.31. The van der Waals surface area contributed by atoms with E-state index < -0.39 is 0 Å². The van der Waals surface area contributed by atoms with E-state index in [0.29, 0.717) is 10.2 Å². The summed E-state index contributed by atoms with van der Waals surface area (Å²) in [4.78, 5) is 4.39. The van der Waals surface area contributed by atoms with Crippen molar-refractivity contribution in [2.75, 3.05) is 0 Å². The van der Waals surface area contributed by atoms with Gasteiger partial charge in [-0.1, -0.05) is 59.6 Å². The Morgan fingerprint density at radius 2 is 1.61 bits per heavy atom. The maximum Gasteiger partial charge on any atom is 0.137 e. The van der Waals surface area contributed by atoms with Gasteiger partial charge in [0, 0.05) is 16.0 Å². The summed E-state index contributed by atoms with van der Waals surface area (Å²) in [6.45, 7) is 0. The van der Waals surface area contributed by atoms with E-state index in [-0.39, 0.29) is 0 Å². The second-order valence-electron chi connectivity index (χ2n) is 4.00. The summed E-state index contributed by atoms with van der Waals surface area (Å²) in [5.74, 6) is 0. The minimum Gasteiger partial charge on any atom is -0.235 e. The molecule has 0 aliphatic heterocycles. The van der Waals surface area contributed by atoms with Gasteiger partial charge in [-0.15, -0.1) is 0 Å². The fourth-order valence-corrected chi connectivity index (χ4v) is 2.43. The van der Waals surface area contributed by atoms with Crippen molar-refractivity contribution in [3.05, 3.63) is 64.8 Å². The Bertz CT molecular complexity index is 708. The summed E-state index contributed by atoms with van der Waals surface area (Å²) in [5.41, 5.74) is 2.75. The van der Waals surface area contributed by atoms with Crippen LogP contribution in [0, 0.1) is 0 Å². The van der Waals surface area contributed by atoms with Crippen LogP contribution in [-0.2, 0) is 0 Å². The number of aromatic nitrogens is 1. The van der Waals surface area contributed by atoms with Crippen molar-refractivity contribution in [1.29, 1.82) is 0 Å². The van der Waals surface area contributed by atoms with E-state index in [1.807, 2.05) is 54.6 Å². The van der Waals surface area contributed by atoms with Gasteiger partial charge in [-0.05, 0) is 23.8 Å². The van der Waals surface area contributed by atoms with E-state index >= 15 is 0 Å². The van der Waals surface area contributed by atoms with Crippen molar-refractivity contribution < 1.29 is 0 Å². The van der Waals surface area contributed by atoms with Crippen LogP contribution in [0.3, 0.4) is 0 Å². The lowest BCUT2D eigenvalue weighted by Crippen LogP contribution is -1.86. The van der Waals surface area contributed by atoms with E-state index in [0.717, 1.165) is 22.0 Å². The molecule has 0 aliphatic carbocycles. The van der Waals surface area contributed by atoms with Crippen molar-refractivity contribution in [2.24, 2.45) is 0 Å². The Labute approximate surface area is 115 Å².